The monoisotopic (exact) mass is 325 g/mol. The molecule has 1 aromatic carbocycles. The molecule has 2 fully saturated rings. The van der Waals surface area contributed by atoms with Crippen LogP contribution in [0.5, 0.6) is 0 Å². The van der Waals surface area contributed by atoms with E-state index in [4.69, 9.17) is 0 Å². The van der Waals surface area contributed by atoms with Gasteiger partial charge in [-0.2, -0.15) is 5.26 Å². The lowest BCUT2D eigenvalue weighted by molar-refractivity contribution is -0.124. The molecule has 2 aliphatic carbocycles. The molecule has 2 atom stereocenters. The minimum atomic E-state index is -0.710. The molecule has 128 valence electrons. The maximum absolute atomic E-state index is 12.6. The lowest BCUT2D eigenvalue weighted by atomic mass is 9.98. The van der Waals surface area contributed by atoms with Gasteiger partial charge in [0.25, 0.3) is 0 Å². The third-order valence-corrected chi connectivity index (χ3v) is 5.48. The Morgan fingerprint density at radius 1 is 1.33 bits per heavy atom. The number of nitrogens with one attached hydrogen (secondary N) is 1. The first-order valence-electron chi connectivity index (χ1n) is 9.02. The molecule has 0 bridgehead atoms. The van der Waals surface area contributed by atoms with Crippen LogP contribution in [0.15, 0.2) is 30.3 Å². The van der Waals surface area contributed by atoms with Gasteiger partial charge >= 0.3 is 0 Å². The molecule has 2 unspecified atom stereocenters. The molecule has 3 rings (SSSR count). The highest BCUT2D eigenvalue weighted by Gasteiger charge is 2.43. The quantitative estimate of drug-likeness (QED) is 0.799. The molecule has 0 aromatic heterocycles. The van der Waals surface area contributed by atoms with Gasteiger partial charge in [-0.1, -0.05) is 30.3 Å². The SMILES string of the molecule is CC(C1CC1)N(CC(=O)NC(C)(C#N)C1CC1)Cc1ccccc1. The van der Waals surface area contributed by atoms with Crippen molar-refractivity contribution in [1.82, 2.24) is 10.2 Å². The van der Waals surface area contributed by atoms with Crippen LogP contribution in [0.25, 0.3) is 0 Å². The highest BCUT2D eigenvalue weighted by Crippen LogP contribution is 2.39. The first-order chi connectivity index (χ1) is 11.5. The summed E-state index contributed by atoms with van der Waals surface area (Å²) in [7, 11) is 0. The number of nitrogens with zero attached hydrogens (tertiary/aromatic N) is 2. The Morgan fingerprint density at radius 2 is 2.00 bits per heavy atom. The van der Waals surface area contributed by atoms with Crippen molar-refractivity contribution in [2.75, 3.05) is 6.54 Å². The Labute approximate surface area is 144 Å². The predicted octanol–water partition coefficient (Wildman–Crippen LogP) is 3.10. The van der Waals surface area contributed by atoms with Crippen molar-refractivity contribution < 1.29 is 4.79 Å². The first kappa shape index (κ1) is 17.0. The maximum atomic E-state index is 12.6. The zero-order valence-corrected chi connectivity index (χ0v) is 14.7. The molecule has 0 saturated heterocycles. The van der Waals surface area contributed by atoms with E-state index in [-0.39, 0.29) is 5.91 Å². The van der Waals surface area contributed by atoms with Gasteiger partial charge in [0.15, 0.2) is 0 Å². The third-order valence-electron chi connectivity index (χ3n) is 5.48. The molecule has 2 aliphatic rings. The second-order valence-corrected chi connectivity index (χ2v) is 7.61. The van der Waals surface area contributed by atoms with Crippen LogP contribution in [-0.2, 0) is 11.3 Å². The van der Waals surface area contributed by atoms with Gasteiger partial charge in [-0.15, -0.1) is 0 Å². The Bertz CT molecular complexity index is 616. The summed E-state index contributed by atoms with van der Waals surface area (Å²) in [5, 5.41) is 12.4. The Hall–Kier alpha value is -1.86. The highest BCUT2D eigenvalue weighted by atomic mass is 16.2. The molecular weight excluding hydrogens is 298 g/mol. The lowest BCUT2D eigenvalue weighted by Gasteiger charge is -2.31. The Balaban J connectivity index is 1.64. The highest BCUT2D eigenvalue weighted by molar-refractivity contribution is 5.79. The van der Waals surface area contributed by atoms with E-state index in [1.54, 1.807) is 0 Å². The Morgan fingerprint density at radius 3 is 2.54 bits per heavy atom. The summed E-state index contributed by atoms with van der Waals surface area (Å²) in [6.45, 7) is 5.21. The molecule has 1 N–H and O–H groups in total. The standard InChI is InChI=1S/C20H27N3O/c1-15(17-8-9-17)23(12-16-6-4-3-5-7-16)13-19(24)22-20(2,14-21)18-10-11-18/h3-7,15,17-18H,8-13H2,1-2H3,(H,22,24). The average Bonchev–Trinajstić information content (AvgIpc) is 3.46. The van der Waals surface area contributed by atoms with Crippen molar-refractivity contribution in [1.29, 1.82) is 5.26 Å². The summed E-state index contributed by atoms with van der Waals surface area (Å²) < 4.78 is 0. The van der Waals surface area contributed by atoms with Crippen LogP contribution in [0.3, 0.4) is 0 Å². The first-order valence-corrected chi connectivity index (χ1v) is 9.02. The van der Waals surface area contributed by atoms with Gasteiger partial charge in [0.05, 0.1) is 12.6 Å². The number of hydrogen-bond acceptors (Lipinski definition) is 3. The van der Waals surface area contributed by atoms with Gasteiger partial charge in [0.2, 0.25) is 5.91 Å². The molecule has 0 radical (unpaired) electrons. The molecule has 0 spiro atoms. The Kier molecular flexibility index (Phi) is 4.91. The van der Waals surface area contributed by atoms with E-state index in [2.05, 4.69) is 35.3 Å². The van der Waals surface area contributed by atoms with Crippen LogP contribution in [0.4, 0.5) is 0 Å². The molecule has 1 aromatic rings. The number of nitriles is 1. The van der Waals surface area contributed by atoms with Crippen LogP contribution in [0.1, 0.15) is 45.1 Å². The molecule has 0 aliphatic heterocycles. The van der Waals surface area contributed by atoms with Gasteiger partial charge in [-0.3, -0.25) is 9.69 Å². The van der Waals surface area contributed by atoms with Gasteiger partial charge in [-0.25, -0.2) is 0 Å². The van der Waals surface area contributed by atoms with Crippen LogP contribution in [0.2, 0.25) is 0 Å². The summed E-state index contributed by atoms with van der Waals surface area (Å²) in [4.78, 5) is 14.9. The van der Waals surface area contributed by atoms with E-state index in [9.17, 15) is 10.1 Å². The minimum Gasteiger partial charge on any atom is -0.337 e. The molecule has 24 heavy (non-hydrogen) atoms. The van der Waals surface area contributed by atoms with E-state index in [0.29, 0.717) is 24.4 Å². The molecular formula is C20H27N3O. The largest absolute Gasteiger partial charge is 0.337 e. The molecule has 4 heteroatoms. The zero-order valence-electron chi connectivity index (χ0n) is 14.7. The molecule has 0 heterocycles. The van der Waals surface area contributed by atoms with Gasteiger partial charge < -0.3 is 5.32 Å². The fourth-order valence-corrected chi connectivity index (χ4v) is 3.43. The number of carbonyl (C=O) groups excluding carboxylic acids is 1. The van der Waals surface area contributed by atoms with Crippen LogP contribution in [0, 0.1) is 23.2 Å². The van der Waals surface area contributed by atoms with E-state index in [1.165, 1.54) is 18.4 Å². The maximum Gasteiger partial charge on any atom is 0.235 e. The summed E-state index contributed by atoms with van der Waals surface area (Å²) in [6.07, 6.45) is 4.59. The fraction of sp³-hybridized carbons (Fsp3) is 0.600. The second-order valence-electron chi connectivity index (χ2n) is 7.61. The average molecular weight is 325 g/mol. The van der Waals surface area contributed by atoms with Crippen molar-refractivity contribution >= 4 is 5.91 Å². The van der Waals surface area contributed by atoms with Crippen molar-refractivity contribution in [2.24, 2.45) is 11.8 Å². The summed E-state index contributed by atoms with van der Waals surface area (Å²) >= 11 is 0. The van der Waals surface area contributed by atoms with Gasteiger partial charge in [-0.05, 0) is 56.9 Å². The number of hydrogen-bond donors (Lipinski definition) is 1. The molecule has 2 saturated carbocycles. The fourth-order valence-electron chi connectivity index (χ4n) is 3.43. The number of amides is 1. The minimum absolute atomic E-state index is 0.0330. The van der Waals surface area contributed by atoms with Crippen molar-refractivity contribution in [3.05, 3.63) is 35.9 Å². The normalized spacial score (nSPS) is 20.9. The third kappa shape index (κ3) is 4.15. The van der Waals surface area contributed by atoms with E-state index in [1.807, 2.05) is 25.1 Å². The summed E-state index contributed by atoms with van der Waals surface area (Å²) in [6, 6.07) is 13.0. The van der Waals surface area contributed by atoms with Crippen LogP contribution in [-0.4, -0.2) is 28.9 Å². The molecule has 4 nitrogen and oxygen atoms in total. The smallest absolute Gasteiger partial charge is 0.235 e. The van der Waals surface area contributed by atoms with Crippen molar-refractivity contribution in [2.45, 2.75) is 57.7 Å². The topological polar surface area (TPSA) is 56.1 Å². The van der Waals surface area contributed by atoms with Crippen LogP contribution >= 0.6 is 0 Å². The second kappa shape index (κ2) is 6.94. The van der Waals surface area contributed by atoms with Gasteiger partial charge in [0, 0.05) is 12.6 Å². The molecule has 1 amide bonds. The number of benzene rings is 1. The summed E-state index contributed by atoms with van der Waals surface area (Å²) in [5.74, 6) is 0.983. The van der Waals surface area contributed by atoms with E-state index < -0.39 is 5.54 Å². The van der Waals surface area contributed by atoms with Crippen molar-refractivity contribution in [3.63, 3.8) is 0 Å². The predicted molar refractivity (Wildman–Crippen MR) is 93.9 cm³/mol. The van der Waals surface area contributed by atoms with E-state index in [0.717, 1.165) is 19.4 Å². The zero-order chi connectivity index (χ0) is 17.2. The van der Waals surface area contributed by atoms with Gasteiger partial charge in [0.1, 0.15) is 5.54 Å². The van der Waals surface area contributed by atoms with Crippen LogP contribution < -0.4 is 5.32 Å². The number of rotatable bonds is 8. The van der Waals surface area contributed by atoms with Crippen molar-refractivity contribution in [3.8, 4) is 6.07 Å². The summed E-state index contributed by atoms with van der Waals surface area (Å²) in [5.41, 5.74) is 0.515. The lowest BCUT2D eigenvalue weighted by Crippen LogP contribution is -2.51. The van der Waals surface area contributed by atoms with E-state index >= 15 is 0 Å². The number of carbonyl (C=O) groups is 1.